The molecule has 2 nitrogen and oxygen atoms in total. The molecule has 2 atom stereocenters. The molecular formula is C9H17N2. The van der Waals surface area contributed by atoms with Gasteiger partial charge in [-0.15, -0.1) is 0 Å². The minimum atomic E-state index is 0.861. The van der Waals surface area contributed by atoms with Crippen molar-refractivity contribution in [2.45, 2.75) is 24.9 Å². The summed E-state index contributed by atoms with van der Waals surface area (Å²) in [5.41, 5.74) is 0. The summed E-state index contributed by atoms with van der Waals surface area (Å²) < 4.78 is 0. The predicted molar refractivity (Wildman–Crippen MR) is 46.4 cm³/mol. The number of piperazine rings is 1. The van der Waals surface area contributed by atoms with E-state index in [1.165, 1.54) is 26.1 Å². The smallest absolute Gasteiger partial charge is 0.0238 e. The highest BCUT2D eigenvalue weighted by Gasteiger charge is 2.41. The van der Waals surface area contributed by atoms with Crippen molar-refractivity contribution in [3.8, 4) is 0 Å². The Morgan fingerprint density at radius 1 is 1.36 bits per heavy atom. The van der Waals surface area contributed by atoms with Crippen LogP contribution in [-0.4, -0.2) is 48.6 Å². The lowest BCUT2D eigenvalue weighted by Crippen LogP contribution is -2.67. The van der Waals surface area contributed by atoms with Gasteiger partial charge in [0, 0.05) is 25.2 Å². The third-order valence-corrected chi connectivity index (χ3v) is 3.11. The molecule has 1 radical (unpaired) electrons. The first kappa shape index (κ1) is 7.56. The average molecular weight is 153 g/mol. The maximum Gasteiger partial charge on any atom is 0.0238 e. The van der Waals surface area contributed by atoms with Crippen molar-refractivity contribution in [3.05, 3.63) is 6.92 Å². The van der Waals surface area contributed by atoms with E-state index < -0.39 is 0 Å². The maximum absolute atomic E-state index is 3.88. The number of fused-ring (bicyclic) bond motifs is 2. The van der Waals surface area contributed by atoms with Crippen LogP contribution in [0.3, 0.4) is 0 Å². The Balaban J connectivity index is 1.84. The molecule has 11 heavy (non-hydrogen) atoms. The largest absolute Gasteiger partial charge is 0.300 e. The van der Waals surface area contributed by atoms with Gasteiger partial charge in [-0.1, -0.05) is 6.92 Å². The molecule has 0 N–H and O–H groups in total. The summed E-state index contributed by atoms with van der Waals surface area (Å²) in [6, 6.07) is 1.72. The van der Waals surface area contributed by atoms with E-state index in [4.69, 9.17) is 0 Å². The predicted octanol–water partition coefficient (Wildman–Crippen LogP) is 0.599. The summed E-state index contributed by atoms with van der Waals surface area (Å²) in [4.78, 5) is 5.06. The Morgan fingerprint density at radius 3 is 2.45 bits per heavy atom. The first-order valence-electron chi connectivity index (χ1n) is 4.55. The van der Waals surface area contributed by atoms with Crippen LogP contribution in [-0.2, 0) is 0 Å². The van der Waals surface area contributed by atoms with Crippen molar-refractivity contribution in [2.24, 2.45) is 0 Å². The minimum Gasteiger partial charge on any atom is -0.300 e. The van der Waals surface area contributed by atoms with Gasteiger partial charge in [-0.05, 0) is 26.4 Å². The quantitative estimate of drug-likeness (QED) is 0.573. The number of hydrogen-bond acceptors (Lipinski definition) is 2. The Kier molecular flexibility index (Phi) is 1.90. The Morgan fingerprint density at radius 2 is 2.00 bits per heavy atom. The fourth-order valence-corrected chi connectivity index (χ4v) is 2.29. The van der Waals surface area contributed by atoms with E-state index in [9.17, 15) is 0 Å². The molecule has 2 bridgehead atoms. The van der Waals surface area contributed by atoms with E-state index in [0.29, 0.717) is 0 Å². The lowest BCUT2D eigenvalue weighted by Gasteiger charge is -2.55. The van der Waals surface area contributed by atoms with Crippen LogP contribution in [0.25, 0.3) is 0 Å². The Bertz CT molecular complexity index is 134. The van der Waals surface area contributed by atoms with Gasteiger partial charge >= 0.3 is 0 Å². The molecule has 3 saturated heterocycles. The number of hydrogen-bond donors (Lipinski definition) is 0. The van der Waals surface area contributed by atoms with Crippen LogP contribution in [0.1, 0.15) is 12.8 Å². The molecule has 0 saturated carbocycles. The van der Waals surface area contributed by atoms with Crippen LogP contribution in [0, 0.1) is 6.92 Å². The zero-order chi connectivity index (χ0) is 7.84. The molecule has 63 valence electrons. The van der Waals surface area contributed by atoms with Crippen LogP contribution < -0.4 is 0 Å². The minimum absolute atomic E-state index is 0.861. The van der Waals surface area contributed by atoms with Crippen molar-refractivity contribution in [2.75, 3.05) is 26.7 Å². The number of piperidine rings is 1. The van der Waals surface area contributed by atoms with E-state index >= 15 is 0 Å². The zero-order valence-electron chi connectivity index (χ0n) is 7.29. The summed E-state index contributed by atoms with van der Waals surface area (Å²) in [6.45, 7) is 7.64. The summed E-state index contributed by atoms with van der Waals surface area (Å²) in [5, 5.41) is 0. The molecule has 0 spiro atoms. The van der Waals surface area contributed by atoms with Crippen molar-refractivity contribution < 1.29 is 0 Å². The molecule has 3 fully saturated rings. The molecule has 3 rings (SSSR count). The molecule has 3 aliphatic rings. The van der Waals surface area contributed by atoms with Crippen molar-refractivity contribution >= 4 is 0 Å². The molecular weight excluding hydrogens is 136 g/mol. The van der Waals surface area contributed by atoms with Crippen LogP contribution in [0.4, 0.5) is 0 Å². The molecule has 0 aromatic carbocycles. The number of likely N-dealkylation sites (N-methyl/N-ethyl adjacent to an activating group) is 1. The van der Waals surface area contributed by atoms with Crippen molar-refractivity contribution in [1.29, 1.82) is 0 Å². The molecule has 0 amide bonds. The van der Waals surface area contributed by atoms with Gasteiger partial charge in [0.25, 0.3) is 0 Å². The normalized spacial score (nSPS) is 38.7. The van der Waals surface area contributed by atoms with Gasteiger partial charge in [0.15, 0.2) is 0 Å². The van der Waals surface area contributed by atoms with E-state index in [2.05, 4.69) is 23.8 Å². The number of nitrogens with zero attached hydrogens (tertiary/aromatic N) is 2. The van der Waals surface area contributed by atoms with Crippen LogP contribution in [0.2, 0.25) is 0 Å². The standard InChI is InChI=1S/C9H17N2/c1-3-4-11-6-8-5-9(7-11)10(8)2/h8-9H,1,3-7H2,2H3. The topological polar surface area (TPSA) is 6.48 Å². The molecule has 2 unspecified atom stereocenters. The molecule has 3 heterocycles. The highest BCUT2D eigenvalue weighted by molar-refractivity contribution is 4.98. The van der Waals surface area contributed by atoms with E-state index in [1.54, 1.807) is 0 Å². The van der Waals surface area contributed by atoms with Crippen LogP contribution >= 0.6 is 0 Å². The second-order valence-electron chi connectivity index (χ2n) is 3.82. The van der Waals surface area contributed by atoms with Crippen molar-refractivity contribution in [3.63, 3.8) is 0 Å². The monoisotopic (exact) mass is 153 g/mol. The highest BCUT2D eigenvalue weighted by Crippen LogP contribution is 2.29. The van der Waals surface area contributed by atoms with Gasteiger partial charge in [0.2, 0.25) is 0 Å². The van der Waals surface area contributed by atoms with Gasteiger partial charge in [0.1, 0.15) is 0 Å². The summed E-state index contributed by atoms with van der Waals surface area (Å²) >= 11 is 0. The van der Waals surface area contributed by atoms with Gasteiger partial charge in [-0.2, -0.15) is 0 Å². The van der Waals surface area contributed by atoms with Gasteiger partial charge in [-0.3, -0.25) is 4.90 Å². The average Bonchev–Trinajstić information content (AvgIpc) is 2.05. The first-order valence-corrected chi connectivity index (χ1v) is 4.55. The second kappa shape index (κ2) is 2.76. The second-order valence-corrected chi connectivity index (χ2v) is 3.82. The molecule has 2 heteroatoms. The van der Waals surface area contributed by atoms with Crippen molar-refractivity contribution in [1.82, 2.24) is 9.80 Å². The SMILES string of the molecule is [CH2]CCN1CC2CC(C1)N2C. The van der Waals surface area contributed by atoms with Gasteiger partial charge in [-0.25, -0.2) is 0 Å². The molecule has 0 aromatic heterocycles. The van der Waals surface area contributed by atoms with Gasteiger partial charge < -0.3 is 4.90 Å². The lowest BCUT2D eigenvalue weighted by atomic mass is 9.88. The van der Waals surface area contributed by atoms with Crippen LogP contribution in [0.5, 0.6) is 0 Å². The zero-order valence-corrected chi connectivity index (χ0v) is 7.29. The maximum atomic E-state index is 3.88. The van der Waals surface area contributed by atoms with E-state index in [1.807, 2.05) is 0 Å². The number of rotatable bonds is 2. The first-order chi connectivity index (χ1) is 5.31. The molecule has 0 aliphatic carbocycles. The van der Waals surface area contributed by atoms with Gasteiger partial charge in [0.05, 0.1) is 0 Å². The Hall–Kier alpha value is -0.0800. The van der Waals surface area contributed by atoms with Crippen LogP contribution in [0.15, 0.2) is 0 Å². The third kappa shape index (κ3) is 1.18. The fraction of sp³-hybridized carbons (Fsp3) is 0.889. The summed E-state index contributed by atoms with van der Waals surface area (Å²) in [7, 11) is 2.25. The highest BCUT2D eigenvalue weighted by atomic mass is 15.3. The third-order valence-electron chi connectivity index (χ3n) is 3.11. The summed E-state index contributed by atoms with van der Waals surface area (Å²) in [5.74, 6) is 0. The van der Waals surface area contributed by atoms with E-state index in [0.717, 1.165) is 18.5 Å². The lowest BCUT2D eigenvalue weighted by molar-refractivity contribution is -0.0495. The Labute approximate surface area is 69.2 Å². The summed E-state index contributed by atoms with van der Waals surface area (Å²) in [6.07, 6.45) is 2.49. The molecule has 0 aromatic rings. The molecule has 3 aliphatic heterocycles. The van der Waals surface area contributed by atoms with E-state index in [-0.39, 0.29) is 0 Å². The fourth-order valence-electron chi connectivity index (χ4n) is 2.29.